The summed E-state index contributed by atoms with van der Waals surface area (Å²) in [6, 6.07) is 3.10. The van der Waals surface area contributed by atoms with E-state index in [2.05, 4.69) is 5.32 Å². The van der Waals surface area contributed by atoms with Gasteiger partial charge in [-0.25, -0.2) is 4.39 Å². The summed E-state index contributed by atoms with van der Waals surface area (Å²) in [7, 11) is 1.55. The van der Waals surface area contributed by atoms with Crippen LogP contribution in [0.3, 0.4) is 0 Å². The molecule has 18 heavy (non-hydrogen) atoms. The van der Waals surface area contributed by atoms with E-state index in [4.69, 9.17) is 4.74 Å². The third kappa shape index (κ3) is 3.16. The summed E-state index contributed by atoms with van der Waals surface area (Å²) in [6.45, 7) is 5.50. The first-order valence-corrected chi connectivity index (χ1v) is 5.53. The number of nitro groups is 1. The normalized spacial score (nSPS) is 13.2. The van der Waals surface area contributed by atoms with Gasteiger partial charge in [-0.05, 0) is 26.8 Å². The molecule has 1 rings (SSSR count). The quantitative estimate of drug-likeness (QED) is 0.649. The molecule has 100 valence electrons. The zero-order valence-corrected chi connectivity index (χ0v) is 10.9. The standard InChI is InChI=1S/C12H17FN2O3/c1-8(12(2,3)18-4)14-10-7-9(13)5-6-11(10)15(16)17/h5-8,14H,1-4H3. The zero-order valence-electron chi connectivity index (χ0n) is 10.9. The number of anilines is 1. The summed E-state index contributed by atoms with van der Waals surface area (Å²) in [5, 5.41) is 13.8. The lowest BCUT2D eigenvalue weighted by molar-refractivity contribution is -0.384. The number of hydrogen-bond acceptors (Lipinski definition) is 4. The van der Waals surface area contributed by atoms with Crippen molar-refractivity contribution in [1.82, 2.24) is 0 Å². The Bertz CT molecular complexity index is 449. The van der Waals surface area contributed by atoms with E-state index in [-0.39, 0.29) is 17.4 Å². The Kier molecular flexibility index (Phi) is 4.24. The average molecular weight is 256 g/mol. The molecule has 0 saturated carbocycles. The highest BCUT2D eigenvalue weighted by molar-refractivity contribution is 5.62. The molecule has 0 aliphatic rings. The van der Waals surface area contributed by atoms with Gasteiger partial charge in [0.15, 0.2) is 0 Å². The van der Waals surface area contributed by atoms with E-state index in [1.54, 1.807) is 7.11 Å². The molecule has 0 spiro atoms. The van der Waals surface area contributed by atoms with Gasteiger partial charge in [-0.1, -0.05) is 0 Å². The minimum Gasteiger partial charge on any atom is -0.377 e. The molecular weight excluding hydrogens is 239 g/mol. The van der Waals surface area contributed by atoms with Crippen LogP contribution in [0.15, 0.2) is 18.2 Å². The molecule has 1 N–H and O–H groups in total. The Hall–Kier alpha value is -1.69. The molecule has 0 bridgehead atoms. The van der Waals surface area contributed by atoms with Crippen LogP contribution in [0.4, 0.5) is 15.8 Å². The van der Waals surface area contributed by atoms with E-state index in [1.165, 1.54) is 0 Å². The second kappa shape index (κ2) is 5.30. The maximum Gasteiger partial charge on any atom is 0.292 e. The van der Waals surface area contributed by atoms with E-state index in [0.29, 0.717) is 0 Å². The van der Waals surface area contributed by atoms with Crippen molar-refractivity contribution in [3.8, 4) is 0 Å². The summed E-state index contributed by atoms with van der Waals surface area (Å²) in [6.07, 6.45) is 0. The first-order chi connectivity index (χ1) is 8.27. The van der Waals surface area contributed by atoms with E-state index >= 15 is 0 Å². The monoisotopic (exact) mass is 256 g/mol. The number of halogens is 1. The lowest BCUT2D eigenvalue weighted by Crippen LogP contribution is -2.41. The molecule has 0 amide bonds. The Labute approximate surface area is 105 Å². The van der Waals surface area contributed by atoms with Crippen LogP contribution in [-0.2, 0) is 4.74 Å². The van der Waals surface area contributed by atoms with Crippen molar-refractivity contribution in [2.24, 2.45) is 0 Å². The number of rotatable bonds is 5. The Morgan fingerprint density at radius 3 is 2.61 bits per heavy atom. The van der Waals surface area contributed by atoms with Gasteiger partial charge in [-0.2, -0.15) is 0 Å². The smallest absolute Gasteiger partial charge is 0.292 e. The lowest BCUT2D eigenvalue weighted by Gasteiger charge is -2.31. The minimum absolute atomic E-state index is 0.151. The van der Waals surface area contributed by atoms with Gasteiger partial charge in [-0.15, -0.1) is 0 Å². The number of methoxy groups -OCH3 is 1. The van der Waals surface area contributed by atoms with Crippen LogP contribution < -0.4 is 5.32 Å². The second-order valence-electron chi connectivity index (χ2n) is 4.59. The van der Waals surface area contributed by atoms with Gasteiger partial charge in [0.2, 0.25) is 0 Å². The molecule has 0 aromatic heterocycles. The highest BCUT2D eigenvalue weighted by atomic mass is 19.1. The highest BCUT2D eigenvalue weighted by Gasteiger charge is 2.27. The van der Waals surface area contributed by atoms with Crippen LogP contribution in [0.5, 0.6) is 0 Å². The Morgan fingerprint density at radius 1 is 1.50 bits per heavy atom. The highest BCUT2D eigenvalue weighted by Crippen LogP contribution is 2.28. The van der Waals surface area contributed by atoms with Crippen LogP contribution in [0.1, 0.15) is 20.8 Å². The van der Waals surface area contributed by atoms with Crippen molar-refractivity contribution in [1.29, 1.82) is 0 Å². The molecule has 1 atom stereocenters. The lowest BCUT2D eigenvalue weighted by atomic mass is 10.00. The molecular formula is C12H17FN2O3. The maximum atomic E-state index is 13.1. The third-order valence-electron chi connectivity index (χ3n) is 3.10. The first kappa shape index (κ1) is 14.4. The molecule has 1 aromatic rings. The fourth-order valence-corrected chi connectivity index (χ4v) is 1.37. The maximum absolute atomic E-state index is 13.1. The topological polar surface area (TPSA) is 64.4 Å². The molecule has 1 unspecified atom stereocenters. The number of nitro benzene ring substituents is 1. The fraction of sp³-hybridized carbons (Fsp3) is 0.500. The van der Waals surface area contributed by atoms with Crippen LogP contribution in [0.25, 0.3) is 0 Å². The molecule has 0 aliphatic heterocycles. The number of nitrogens with zero attached hydrogens (tertiary/aromatic N) is 1. The third-order valence-corrected chi connectivity index (χ3v) is 3.10. The Balaban J connectivity index is 3.03. The van der Waals surface area contributed by atoms with E-state index in [1.807, 2.05) is 20.8 Å². The molecule has 0 radical (unpaired) electrons. The fourth-order valence-electron chi connectivity index (χ4n) is 1.37. The van der Waals surface area contributed by atoms with Crippen molar-refractivity contribution in [2.45, 2.75) is 32.4 Å². The minimum atomic E-state index is -0.547. The number of benzene rings is 1. The summed E-state index contributed by atoms with van der Waals surface area (Å²) >= 11 is 0. The number of hydrogen-bond donors (Lipinski definition) is 1. The molecule has 0 aliphatic carbocycles. The van der Waals surface area contributed by atoms with E-state index in [0.717, 1.165) is 18.2 Å². The van der Waals surface area contributed by atoms with Crippen molar-refractivity contribution in [3.05, 3.63) is 34.1 Å². The molecule has 6 heteroatoms. The van der Waals surface area contributed by atoms with Crippen molar-refractivity contribution in [3.63, 3.8) is 0 Å². The predicted molar refractivity (Wildman–Crippen MR) is 67.2 cm³/mol. The van der Waals surface area contributed by atoms with E-state index in [9.17, 15) is 14.5 Å². The first-order valence-electron chi connectivity index (χ1n) is 5.53. The van der Waals surface area contributed by atoms with Crippen LogP contribution in [0, 0.1) is 15.9 Å². The van der Waals surface area contributed by atoms with Gasteiger partial charge >= 0.3 is 0 Å². The summed E-state index contributed by atoms with van der Waals surface area (Å²) < 4.78 is 18.4. The second-order valence-corrected chi connectivity index (χ2v) is 4.59. The van der Waals surface area contributed by atoms with Crippen molar-refractivity contribution >= 4 is 11.4 Å². The molecule has 0 saturated heterocycles. The van der Waals surface area contributed by atoms with Gasteiger partial charge in [0.25, 0.3) is 5.69 Å². The van der Waals surface area contributed by atoms with Crippen LogP contribution in [0.2, 0.25) is 0 Å². The van der Waals surface area contributed by atoms with Crippen LogP contribution in [-0.4, -0.2) is 23.7 Å². The van der Waals surface area contributed by atoms with Gasteiger partial charge in [-0.3, -0.25) is 10.1 Å². The summed E-state index contributed by atoms with van der Waals surface area (Å²) in [4.78, 5) is 10.3. The molecule has 5 nitrogen and oxygen atoms in total. The van der Waals surface area contributed by atoms with Crippen molar-refractivity contribution < 1.29 is 14.1 Å². The average Bonchev–Trinajstić information content (AvgIpc) is 2.28. The number of ether oxygens (including phenoxy) is 1. The summed E-state index contributed by atoms with van der Waals surface area (Å²) in [5.41, 5.74) is -0.534. The largest absolute Gasteiger partial charge is 0.377 e. The molecule has 0 fully saturated rings. The predicted octanol–water partition coefficient (Wildman–Crippen LogP) is 2.96. The molecule has 0 heterocycles. The van der Waals surface area contributed by atoms with Gasteiger partial charge in [0.05, 0.1) is 16.6 Å². The Morgan fingerprint density at radius 2 is 2.11 bits per heavy atom. The van der Waals surface area contributed by atoms with Gasteiger partial charge in [0, 0.05) is 19.2 Å². The zero-order chi connectivity index (χ0) is 13.9. The van der Waals surface area contributed by atoms with Crippen LogP contribution >= 0.6 is 0 Å². The van der Waals surface area contributed by atoms with E-state index < -0.39 is 16.3 Å². The van der Waals surface area contributed by atoms with Gasteiger partial charge < -0.3 is 10.1 Å². The SMILES string of the molecule is COC(C)(C)C(C)Nc1cc(F)ccc1[N+](=O)[O-]. The van der Waals surface area contributed by atoms with Crippen molar-refractivity contribution in [2.75, 3.05) is 12.4 Å². The molecule has 1 aromatic carbocycles. The van der Waals surface area contributed by atoms with Gasteiger partial charge in [0.1, 0.15) is 11.5 Å². The number of nitrogens with one attached hydrogen (secondary N) is 1. The summed E-state index contributed by atoms with van der Waals surface area (Å²) in [5.74, 6) is -0.523.